The molecular formula is C23H26N2O5. The minimum atomic E-state index is -0.561. The van der Waals surface area contributed by atoms with Crippen LogP contribution >= 0.6 is 0 Å². The highest BCUT2D eigenvalue weighted by Crippen LogP contribution is 2.64. The normalized spacial score (nSPS) is 32.0. The molecule has 4 aliphatic rings. The van der Waals surface area contributed by atoms with Crippen molar-refractivity contribution in [2.75, 3.05) is 25.5 Å². The Labute approximate surface area is 175 Å². The van der Waals surface area contributed by atoms with E-state index < -0.39 is 16.9 Å². The molecule has 1 saturated heterocycles. The first-order valence-corrected chi connectivity index (χ1v) is 10.3. The van der Waals surface area contributed by atoms with Gasteiger partial charge in [-0.15, -0.1) is 0 Å². The Hall–Kier alpha value is -2.80. The molecule has 5 rings (SSSR count). The van der Waals surface area contributed by atoms with Crippen molar-refractivity contribution in [3.63, 3.8) is 0 Å². The molecular weight excluding hydrogens is 384 g/mol. The molecule has 0 bridgehead atoms. The number of esters is 2. The van der Waals surface area contributed by atoms with Gasteiger partial charge in [-0.3, -0.25) is 9.69 Å². The highest BCUT2D eigenvalue weighted by Gasteiger charge is 2.67. The summed E-state index contributed by atoms with van der Waals surface area (Å²) in [5, 5.41) is 13.5. The van der Waals surface area contributed by atoms with E-state index in [4.69, 9.17) is 9.47 Å². The van der Waals surface area contributed by atoms with E-state index in [-0.39, 0.29) is 23.7 Å². The van der Waals surface area contributed by atoms with Crippen LogP contribution in [0.1, 0.15) is 32.3 Å². The van der Waals surface area contributed by atoms with Gasteiger partial charge in [-0.25, -0.2) is 4.79 Å². The maximum absolute atomic E-state index is 12.9. The number of nitrogens with one attached hydrogen (secondary N) is 1. The molecule has 0 amide bonds. The molecule has 3 heterocycles. The first kappa shape index (κ1) is 19.2. The number of phenolic OH excluding ortho intramolecular Hbond substituents is 1. The molecule has 1 spiro atoms. The smallest absolute Gasteiger partial charge is 0.335 e. The number of benzene rings is 1. The standard InChI is InChI=1S/C23H26N2O5/c1-13(30-14(2)26)22-7-4-9-25-10-8-23(21(22)25)17-6-5-15(27)11-18(17)24-19(23)16(12-22)20(28)29-3/h4-7,11,13,21,24,27H,8-10,12H2,1-3H3. The van der Waals surface area contributed by atoms with Gasteiger partial charge in [0.15, 0.2) is 0 Å². The van der Waals surface area contributed by atoms with Crippen LogP contribution in [0.15, 0.2) is 41.6 Å². The van der Waals surface area contributed by atoms with Crippen molar-refractivity contribution >= 4 is 17.6 Å². The third kappa shape index (κ3) is 2.29. The maximum atomic E-state index is 12.9. The Morgan fingerprint density at radius 3 is 2.90 bits per heavy atom. The lowest BCUT2D eigenvalue weighted by molar-refractivity contribution is -0.154. The van der Waals surface area contributed by atoms with E-state index in [1.807, 2.05) is 13.0 Å². The molecule has 1 fully saturated rings. The summed E-state index contributed by atoms with van der Waals surface area (Å²) in [7, 11) is 1.39. The number of aromatic hydroxyl groups is 1. The van der Waals surface area contributed by atoms with Gasteiger partial charge in [-0.05, 0) is 31.4 Å². The summed E-state index contributed by atoms with van der Waals surface area (Å²) in [5.41, 5.74) is 2.32. The Morgan fingerprint density at radius 2 is 2.17 bits per heavy atom. The van der Waals surface area contributed by atoms with Crippen molar-refractivity contribution in [3.05, 3.63) is 47.2 Å². The van der Waals surface area contributed by atoms with Gasteiger partial charge in [0.1, 0.15) is 11.9 Å². The predicted molar refractivity (Wildman–Crippen MR) is 110 cm³/mol. The van der Waals surface area contributed by atoms with Gasteiger partial charge < -0.3 is 19.9 Å². The van der Waals surface area contributed by atoms with Gasteiger partial charge >= 0.3 is 11.9 Å². The van der Waals surface area contributed by atoms with Crippen LogP contribution in [0, 0.1) is 5.41 Å². The molecule has 1 aromatic rings. The molecule has 158 valence electrons. The molecule has 1 aliphatic carbocycles. The van der Waals surface area contributed by atoms with Crippen molar-refractivity contribution in [3.8, 4) is 5.75 Å². The third-order valence-corrected chi connectivity index (χ3v) is 7.41. The average Bonchev–Trinajstić information content (AvgIpc) is 3.26. The maximum Gasteiger partial charge on any atom is 0.335 e. The highest BCUT2D eigenvalue weighted by molar-refractivity contribution is 5.93. The second-order valence-corrected chi connectivity index (χ2v) is 8.76. The zero-order valence-corrected chi connectivity index (χ0v) is 17.4. The van der Waals surface area contributed by atoms with Crippen LogP contribution in [0.25, 0.3) is 0 Å². The summed E-state index contributed by atoms with van der Waals surface area (Å²) in [6, 6.07) is 5.38. The van der Waals surface area contributed by atoms with Crippen molar-refractivity contribution in [1.29, 1.82) is 0 Å². The summed E-state index contributed by atoms with van der Waals surface area (Å²) in [4.78, 5) is 27.3. The molecule has 3 aliphatic heterocycles. The van der Waals surface area contributed by atoms with E-state index in [2.05, 4.69) is 22.4 Å². The zero-order chi connectivity index (χ0) is 21.3. The van der Waals surface area contributed by atoms with Crippen LogP contribution in [0.5, 0.6) is 5.75 Å². The summed E-state index contributed by atoms with van der Waals surface area (Å²) >= 11 is 0. The van der Waals surface area contributed by atoms with Crippen LogP contribution in [-0.4, -0.2) is 54.3 Å². The molecule has 4 atom stereocenters. The fourth-order valence-corrected chi connectivity index (χ4v) is 6.39. The number of phenols is 1. The van der Waals surface area contributed by atoms with Crippen LogP contribution in [0.2, 0.25) is 0 Å². The van der Waals surface area contributed by atoms with Gasteiger partial charge in [0.25, 0.3) is 0 Å². The highest BCUT2D eigenvalue weighted by atomic mass is 16.5. The Kier molecular flexibility index (Phi) is 4.06. The summed E-state index contributed by atoms with van der Waals surface area (Å²) in [6.45, 7) is 5.02. The second kappa shape index (κ2) is 6.35. The average molecular weight is 410 g/mol. The first-order valence-electron chi connectivity index (χ1n) is 10.3. The van der Waals surface area contributed by atoms with Crippen molar-refractivity contribution in [2.45, 2.75) is 44.2 Å². The lowest BCUT2D eigenvalue weighted by atomic mass is 9.54. The quantitative estimate of drug-likeness (QED) is 0.585. The number of carbonyl (C=O) groups is 2. The SMILES string of the molecule is COC(=O)C1=C2Nc3cc(O)ccc3C23CCN2CC=CC(C(C)OC(C)=O)(C1)C23. The fraction of sp³-hybridized carbons (Fsp3) is 0.478. The number of fused-ring (bicyclic) bond motifs is 1. The van der Waals surface area contributed by atoms with Gasteiger partial charge in [0.05, 0.1) is 18.1 Å². The van der Waals surface area contributed by atoms with Crippen LogP contribution in [0.3, 0.4) is 0 Å². The molecule has 7 heteroatoms. The number of methoxy groups -OCH3 is 1. The molecule has 0 saturated carbocycles. The van der Waals surface area contributed by atoms with E-state index in [1.54, 1.807) is 12.1 Å². The number of rotatable bonds is 3. The predicted octanol–water partition coefficient (Wildman–Crippen LogP) is 2.47. The van der Waals surface area contributed by atoms with E-state index in [1.165, 1.54) is 14.0 Å². The van der Waals surface area contributed by atoms with Crippen molar-refractivity contribution in [1.82, 2.24) is 4.90 Å². The molecule has 2 N–H and O–H groups in total. The lowest BCUT2D eigenvalue weighted by Gasteiger charge is -2.55. The van der Waals surface area contributed by atoms with Crippen LogP contribution in [0.4, 0.5) is 5.69 Å². The number of nitrogens with zero attached hydrogens (tertiary/aromatic N) is 1. The van der Waals surface area contributed by atoms with Gasteiger partial charge in [0.2, 0.25) is 0 Å². The van der Waals surface area contributed by atoms with Crippen LogP contribution in [-0.2, 0) is 24.5 Å². The van der Waals surface area contributed by atoms with Crippen molar-refractivity contribution < 1.29 is 24.2 Å². The molecule has 30 heavy (non-hydrogen) atoms. The van der Waals surface area contributed by atoms with E-state index in [0.29, 0.717) is 12.0 Å². The van der Waals surface area contributed by atoms with Gasteiger partial charge in [0, 0.05) is 48.9 Å². The van der Waals surface area contributed by atoms with Gasteiger partial charge in [-0.1, -0.05) is 18.2 Å². The largest absolute Gasteiger partial charge is 0.508 e. The monoisotopic (exact) mass is 410 g/mol. The topological polar surface area (TPSA) is 88.1 Å². The molecule has 4 unspecified atom stereocenters. The molecule has 1 aromatic carbocycles. The molecule has 0 radical (unpaired) electrons. The second-order valence-electron chi connectivity index (χ2n) is 8.76. The zero-order valence-electron chi connectivity index (χ0n) is 17.4. The number of hydrogen-bond acceptors (Lipinski definition) is 7. The minimum Gasteiger partial charge on any atom is -0.508 e. The Bertz CT molecular complexity index is 1010. The Morgan fingerprint density at radius 1 is 1.37 bits per heavy atom. The van der Waals surface area contributed by atoms with Gasteiger partial charge in [-0.2, -0.15) is 0 Å². The Balaban J connectivity index is 1.79. The summed E-state index contributed by atoms with van der Waals surface area (Å²) in [5.74, 6) is -0.535. The minimum absolute atomic E-state index is 0.0195. The summed E-state index contributed by atoms with van der Waals surface area (Å²) < 4.78 is 10.9. The van der Waals surface area contributed by atoms with E-state index >= 15 is 0 Å². The van der Waals surface area contributed by atoms with E-state index in [0.717, 1.165) is 36.5 Å². The first-order chi connectivity index (χ1) is 14.3. The number of anilines is 1. The molecule has 7 nitrogen and oxygen atoms in total. The summed E-state index contributed by atoms with van der Waals surface area (Å²) in [6.07, 6.45) is 5.09. The van der Waals surface area contributed by atoms with Crippen LogP contribution < -0.4 is 5.32 Å². The number of carbonyl (C=O) groups excluding carboxylic acids is 2. The third-order valence-electron chi connectivity index (χ3n) is 7.41. The lowest BCUT2D eigenvalue weighted by Crippen LogP contribution is -2.62. The number of hydrogen-bond donors (Lipinski definition) is 2. The van der Waals surface area contributed by atoms with Crippen molar-refractivity contribution in [2.24, 2.45) is 5.41 Å². The number of ether oxygens (including phenoxy) is 2. The molecule has 0 aromatic heterocycles. The van der Waals surface area contributed by atoms with E-state index in [9.17, 15) is 14.7 Å². The fourth-order valence-electron chi connectivity index (χ4n) is 6.39.